The lowest BCUT2D eigenvalue weighted by Crippen LogP contribution is -2.27. The normalized spacial score (nSPS) is 16.4. The van der Waals surface area contributed by atoms with Gasteiger partial charge in [0.2, 0.25) is 5.95 Å². The van der Waals surface area contributed by atoms with Gasteiger partial charge in [-0.2, -0.15) is 17.6 Å². The van der Waals surface area contributed by atoms with Crippen LogP contribution in [0, 0.1) is 23.5 Å². The molecule has 2 heterocycles. The molecule has 0 radical (unpaired) electrons. The van der Waals surface area contributed by atoms with E-state index < -0.39 is 46.1 Å². The monoisotopic (exact) mass is 486 g/mol. The standard InChI is InChI=1S/C16H12ClF6N3S.C3H9N/c17-13-10(26-5-4-8(7-26)16(21,22)23)6-9(18)15(14(13)20)27-25-12-3-1-2-11(19)24-12;1-4(2)3/h1-3,6,8H,4-5,7H2,(H,24,25);1-3H3. The second-order valence-electron chi connectivity index (χ2n) is 7.20. The van der Waals surface area contributed by atoms with Crippen molar-refractivity contribution in [1.82, 2.24) is 9.88 Å². The van der Waals surface area contributed by atoms with E-state index in [-0.39, 0.29) is 24.5 Å². The first kappa shape index (κ1) is 25.4. The summed E-state index contributed by atoms with van der Waals surface area (Å²) in [6.45, 7) is -0.430. The number of rotatable bonds is 4. The zero-order valence-corrected chi connectivity index (χ0v) is 18.5. The highest BCUT2D eigenvalue weighted by Gasteiger charge is 2.44. The van der Waals surface area contributed by atoms with Gasteiger partial charge >= 0.3 is 6.18 Å². The largest absolute Gasteiger partial charge is 0.393 e. The highest BCUT2D eigenvalue weighted by molar-refractivity contribution is 8.00. The van der Waals surface area contributed by atoms with E-state index >= 15 is 0 Å². The molecule has 31 heavy (non-hydrogen) atoms. The van der Waals surface area contributed by atoms with Crippen LogP contribution in [0.15, 0.2) is 29.2 Å². The lowest BCUT2D eigenvalue weighted by molar-refractivity contribution is -0.168. The molecule has 1 atom stereocenters. The molecular formula is C19H21ClF6N4S. The Morgan fingerprint density at radius 1 is 1.19 bits per heavy atom. The molecule has 172 valence electrons. The summed E-state index contributed by atoms with van der Waals surface area (Å²) >= 11 is 6.43. The van der Waals surface area contributed by atoms with Gasteiger partial charge in [-0.15, -0.1) is 0 Å². The Morgan fingerprint density at radius 2 is 1.84 bits per heavy atom. The number of hydrogen-bond acceptors (Lipinski definition) is 5. The maximum absolute atomic E-state index is 14.5. The number of benzene rings is 1. The Kier molecular flexibility index (Phi) is 8.73. The molecule has 3 rings (SSSR count). The summed E-state index contributed by atoms with van der Waals surface area (Å²) in [5.74, 6) is -4.43. The third-order valence-corrected chi connectivity index (χ3v) is 5.31. The Morgan fingerprint density at radius 3 is 2.39 bits per heavy atom. The summed E-state index contributed by atoms with van der Waals surface area (Å²) < 4.78 is 82.8. The highest BCUT2D eigenvalue weighted by Crippen LogP contribution is 2.41. The van der Waals surface area contributed by atoms with Crippen LogP contribution < -0.4 is 9.62 Å². The van der Waals surface area contributed by atoms with E-state index in [1.807, 2.05) is 26.0 Å². The molecule has 1 unspecified atom stereocenters. The van der Waals surface area contributed by atoms with E-state index in [4.69, 9.17) is 11.6 Å². The Bertz CT molecular complexity index is 894. The molecule has 1 aromatic heterocycles. The molecule has 1 N–H and O–H groups in total. The Labute approximate surface area is 185 Å². The average Bonchev–Trinajstić information content (AvgIpc) is 3.14. The van der Waals surface area contributed by atoms with Crippen molar-refractivity contribution >= 4 is 35.1 Å². The molecule has 12 heteroatoms. The van der Waals surface area contributed by atoms with Crippen molar-refractivity contribution in [2.75, 3.05) is 43.9 Å². The zero-order chi connectivity index (χ0) is 23.3. The maximum Gasteiger partial charge on any atom is 0.393 e. The summed E-state index contributed by atoms with van der Waals surface area (Å²) in [6.07, 6.45) is -4.55. The van der Waals surface area contributed by atoms with Crippen LogP contribution >= 0.6 is 23.5 Å². The Balaban J connectivity index is 0.000000785. The average molecular weight is 487 g/mol. The van der Waals surface area contributed by atoms with E-state index in [0.29, 0.717) is 11.9 Å². The van der Waals surface area contributed by atoms with Crippen LogP contribution in [0.2, 0.25) is 5.02 Å². The molecule has 0 saturated carbocycles. The molecule has 0 aliphatic carbocycles. The number of aromatic nitrogens is 1. The minimum absolute atomic E-state index is 0.0132. The molecular weight excluding hydrogens is 466 g/mol. The first-order valence-electron chi connectivity index (χ1n) is 9.05. The number of pyridine rings is 1. The van der Waals surface area contributed by atoms with Crippen LogP contribution in [0.3, 0.4) is 0 Å². The van der Waals surface area contributed by atoms with Crippen LogP contribution in [0.1, 0.15) is 6.42 Å². The van der Waals surface area contributed by atoms with Gasteiger partial charge in [0, 0.05) is 19.2 Å². The fraction of sp³-hybridized carbons (Fsp3) is 0.421. The van der Waals surface area contributed by atoms with Gasteiger partial charge in [-0.3, -0.25) is 0 Å². The van der Waals surface area contributed by atoms with E-state index in [9.17, 15) is 26.3 Å². The predicted molar refractivity (Wildman–Crippen MR) is 111 cm³/mol. The summed E-state index contributed by atoms with van der Waals surface area (Å²) in [6, 6.07) is 4.75. The van der Waals surface area contributed by atoms with Crippen LogP contribution in [0.25, 0.3) is 0 Å². The molecule has 0 amide bonds. The fourth-order valence-corrected chi connectivity index (χ4v) is 3.70. The van der Waals surface area contributed by atoms with Gasteiger partial charge in [0.25, 0.3) is 0 Å². The molecule has 4 nitrogen and oxygen atoms in total. The predicted octanol–water partition coefficient (Wildman–Crippen LogP) is 5.84. The van der Waals surface area contributed by atoms with E-state index in [1.165, 1.54) is 17.0 Å². The van der Waals surface area contributed by atoms with Gasteiger partial charge < -0.3 is 14.5 Å². The third-order valence-electron chi connectivity index (χ3n) is 4.06. The molecule has 1 aliphatic heterocycles. The minimum atomic E-state index is -4.38. The lowest BCUT2D eigenvalue weighted by atomic mass is 10.1. The number of alkyl halides is 3. The molecule has 0 bridgehead atoms. The van der Waals surface area contributed by atoms with Crippen LogP contribution in [-0.2, 0) is 0 Å². The molecule has 1 aromatic carbocycles. The molecule has 1 aliphatic rings. The van der Waals surface area contributed by atoms with Gasteiger partial charge in [0.05, 0.1) is 11.6 Å². The number of nitrogens with one attached hydrogen (secondary N) is 1. The molecule has 1 saturated heterocycles. The third kappa shape index (κ3) is 7.08. The maximum atomic E-state index is 14.5. The van der Waals surface area contributed by atoms with Gasteiger partial charge in [0.1, 0.15) is 21.6 Å². The van der Waals surface area contributed by atoms with Crippen molar-refractivity contribution in [2.45, 2.75) is 17.5 Å². The van der Waals surface area contributed by atoms with Gasteiger partial charge in [-0.25, -0.2) is 13.8 Å². The number of anilines is 2. The first-order valence-corrected chi connectivity index (χ1v) is 10.2. The van der Waals surface area contributed by atoms with E-state index in [2.05, 4.69) is 9.71 Å². The molecule has 0 spiro atoms. The highest BCUT2D eigenvalue weighted by atomic mass is 35.5. The molecule has 1 fully saturated rings. The van der Waals surface area contributed by atoms with Gasteiger partial charge in [-0.05, 0) is 51.6 Å². The van der Waals surface area contributed by atoms with Gasteiger partial charge in [-0.1, -0.05) is 17.7 Å². The van der Waals surface area contributed by atoms with Crippen LogP contribution in [0.5, 0.6) is 0 Å². The number of halogens is 7. The quantitative estimate of drug-likeness (QED) is 0.254. The molecule has 2 aromatic rings. The first-order chi connectivity index (χ1) is 14.4. The van der Waals surface area contributed by atoms with Crippen molar-refractivity contribution in [3.05, 3.63) is 46.9 Å². The zero-order valence-electron chi connectivity index (χ0n) is 16.9. The lowest BCUT2D eigenvalue weighted by Gasteiger charge is -2.22. The Hall–Kier alpha value is -1.85. The minimum Gasteiger partial charge on any atom is -0.370 e. The topological polar surface area (TPSA) is 31.4 Å². The summed E-state index contributed by atoms with van der Waals surface area (Å²) in [7, 11) is 6.00. The van der Waals surface area contributed by atoms with Crippen molar-refractivity contribution in [1.29, 1.82) is 0 Å². The summed E-state index contributed by atoms with van der Waals surface area (Å²) in [5, 5.41) is -0.476. The number of nitrogens with zero attached hydrogens (tertiary/aromatic N) is 3. The summed E-state index contributed by atoms with van der Waals surface area (Å²) in [4.78, 5) is 6.20. The van der Waals surface area contributed by atoms with Crippen molar-refractivity contribution in [3.8, 4) is 0 Å². The van der Waals surface area contributed by atoms with Crippen molar-refractivity contribution < 1.29 is 26.3 Å². The SMILES string of the molecule is CN(C)C.Fc1cccc(NSc2c(F)cc(N3CCC(C(F)(F)F)C3)c(Cl)c2F)n1. The fourth-order valence-electron chi connectivity index (χ4n) is 2.70. The van der Waals surface area contributed by atoms with Crippen LogP contribution in [0.4, 0.5) is 37.8 Å². The van der Waals surface area contributed by atoms with E-state index in [1.54, 1.807) is 0 Å². The second kappa shape index (κ2) is 10.6. The summed E-state index contributed by atoms with van der Waals surface area (Å²) in [5.41, 5.74) is -0.133. The smallest absolute Gasteiger partial charge is 0.370 e. The van der Waals surface area contributed by atoms with Crippen LogP contribution in [-0.4, -0.2) is 50.3 Å². The van der Waals surface area contributed by atoms with Crippen molar-refractivity contribution in [3.63, 3.8) is 0 Å². The van der Waals surface area contributed by atoms with Gasteiger partial charge in [0.15, 0.2) is 5.82 Å². The second-order valence-corrected chi connectivity index (χ2v) is 8.39. The van der Waals surface area contributed by atoms with E-state index in [0.717, 1.165) is 12.1 Å². The number of hydrogen-bond donors (Lipinski definition) is 1. The van der Waals surface area contributed by atoms with Crippen molar-refractivity contribution in [2.24, 2.45) is 5.92 Å².